The Labute approximate surface area is 133 Å². The highest BCUT2D eigenvalue weighted by Gasteiger charge is 2.51. The summed E-state index contributed by atoms with van der Waals surface area (Å²) in [6.45, 7) is 0. The number of rotatable bonds is 3. The lowest BCUT2D eigenvalue weighted by molar-refractivity contribution is -0.118. The van der Waals surface area contributed by atoms with Crippen LogP contribution in [0, 0.1) is 0 Å². The van der Waals surface area contributed by atoms with Crippen LogP contribution in [0.25, 0.3) is 0 Å². The topological polar surface area (TPSA) is 55.1 Å². The Balaban J connectivity index is 1.85. The second-order valence-corrected chi connectivity index (χ2v) is 6.04. The molecule has 0 aliphatic heterocycles. The number of nitrogen functional groups attached to an aromatic ring is 1. The summed E-state index contributed by atoms with van der Waals surface area (Å²) in [6.07, 6.45) is 1.64. The SMILES string of the molecule is Nc1ccc(C2(C(=O)Nc3cccc(Cl)c3Cl)CC2)cc1. The summed E-state index contributed by atoms with van der Waals surface area (Å²) in [5.41, 5.74) is 7.43. The summed E-state index contributed by atoms with van der Waals surface area (Å²) >= 11 is 12.1. The lowest BCUT2D eigenvalue weighted by atomic mass is 9.94. The van der Waals surface area contributed by atoms with Gasteiger partial charge in [-0.2, -0.15) is 0 Å². The second kappa shape index (κ2) is 5.24. The third-order valence-electron chi connectivity index (χ3n) is 3.85. The maximum absolute atomic E-state index is 12.6. The number of anilines is 2. The van der Waals surface area contributed by atoms with Gasteiger partial charge in [0.1, 0.15) is 0 Å². The molecule has 1 aliphatic carbocycles. The van der Waals surface area contributed by atoms with E-state index in [1.807, 2.05) is 24.3 Å². The molecule has 0 unspecified atom stereocenters. The van der Waals surface area contributed by atoms with Gasteiger partial charge in [0.25, 0.3) is 0 Å². The third-order valence-corrected chi connectivity index (χ3v) is 4.67. The van der Waals surface area contributed by atoms with Gasteiger partial charge in [-0.1, -0.05) is 41.4 Å². The molecule has 5 heteroatoms. The molecule has 3 nitrogen and oxygen atoms in total. The third kappa shape index (κ3) is 2.59. The smallest absolute Gasteiger partial charge is 0.235 e. The summed E-state index contributed by atoms with van der Waals surface area (Å²) < 4.78 is 0. The molecule has 0 heterocycles. The second-order valence-electron chi connectivity index (χ2n) is 5.26. The van der Waals surface area contributed by atoms with Crippen molar-refractivity contribution in [2.45, 2.75) is 18.3 Å². The Morgan fingerprint density at radius 1 is 1.10 bits per heavy atom. The predicted octanol–water partition coefficient (Wildman–Crippen LogP) is 4.25. The van der Waals surface area contributed by atoms with E-state index in [2.05, 4.69) is 5.32 Å². The average Bonchev–Trinajstić information content (AvgIpc) is 3.26. The van der Waals surface area contributed by atoms with Crippen molar-refractivity contribution in [3.05, 3.63) is 58.1 Å². The van der Waals surface area contributed by atoms with Crippen molar-refractivity contribution in [1.82, 2.24) is 0 Å². The fraction of sp³-hybridized carbons (Fsp3) is 0.188. The predicted molar refractivity (Wildman–Crippen MR) is 86.9 cm³/mol. The van der Waals surface area contributed by atoms with Gasteiger partial charge in [0.05, 0.1) is 21.1 Å². The van der Waals surface area contributed by atoms with Crippen LogP contribution in [0.1, 0.15) is 18.4 Å². The molecule has 1 fully saturated rings. The number of carbonyl (C=O) groups excluding carboxylic acids is 1. The lowest BCUT2D eigenvalue weighted by Crippen LogP contribution is -2.27. The molecule has 1 amide bonds. The molecule has 0 atom stereocenters. The van der Waals surface area contributed by atoms with E-state index in [9.17, 15) is 4.79 Å². The molecule has 2 aromatic carbocycles. The van der Waals surface area contributed by atoms with Crippen LogP contribution in [0.2, 0.25) is 10.0 Å². The van der Waals surface area contributed by atoms with Crippen LogP contribution in [0.4, 0.5) is 11.4 Å². The molecule has 0 radical (unpaired) electrons. The quantitative estimate of drug-likeness (QED) is 0.831. The maximum atomic E-state index is 12.6. The van der Waals surface area contributed by atoms with Crippen molar-refractivity contribution in [2.75, 3.05) is 11.1 Å². The first-order chi connectivity index (χ1) is 10.0. The summed E-state index contributed by atoms with van der Waals surface area (Å²) in [5.74, 6) is -0.0589. The van der Waals surface area contributed by atoms with Crippen LogP contribution in [-0.2, 0) is 10.2 Å². The summed E-state index contributed by atoms with van der Waals surface area (Å²) in [6, 6.07) is 12.6. The van der Waals surface area contributed by atoms with E-state index in [1.54, 1.807) is 18.2 Å². The number of hydrogen-bond acceptors (Lipinski definition) is 2. The first-order valence-corrected chi connectivity index (χ1v) is 7.40. The van der Waals surface area contributed by atoms with Crippen molar-refractivity contribution < 1.29 is 4.79 Å². The molecular weight excluding hydrogens is 307 g/mol. The Bertz CT molecular complexity index is 694. The summed E-state index contributed by atoms with van der Waals surface area (Å²) in [5, 5.41) is 3.66. The zero-order valence-electron chi connectivity index (χ0n) is 11.2. The van der Waals surface area contributed by atoms with Gasteiger partial charge in [0, 0.05) is 5.69 Å². The Morgan fingerprint density at radius 2 is 1.76 bits per heavy atom. The Hall–Kier alpha value is -1.71. The minimum atomic E-state index is -0.473. The number of amides is 1. The summed E-state index contributed by atoms with van der Waals surface area (Å²) in [4.78, 5) is 12.6. The van der Waals surface area contributed by atoms with E-state index in [4.69, 9.17) is 28.9 Å². The zero-order chi connectivity index (χ0) is 15.0. The van der Waals surface area contributed by atoms with E-state index >= 15 is 0 Å². The molecule has 2 aromatic rings. The van der Waals surface area contributed by atoms with Crippen molar-refractivity contribution in [3.63, 3.8) is 0 Å². The fourth-order valence-electron chi connectivity index (χ4n) is 2.42. The van der Waals surface area contributed by atoms with Gasteiger partial charge in [-0.25, -0.2) is 0 Å². The van der Waals surface area contributed by atoms with Crippen molar-refractivity contribution >= 4 is 40.5 Å². The van der Waals surface area contributed by atoms with Crippen LogP contribution in [0.15, 0.2) is 42.5 Å². The first kappa shape index (κ1) is 14.2. The molecule has 0 spiro atoms. The van der Waals surface area contributed by atoms with Crippen molar-refractivity contribution in [3.8, 4) is 0 Å². The molecule has 0 aromatic heterocycles. The molecule has 1 saturated carbocycles. The van der Waals surface area contributed by atoms with Gasteiger partial charge in [-0.05, 0) is 42.7 Å². The van der Waals surface area contributed by atoms with Crippen LogP contribution in [0.5, 0.6) is 0 Å². The largest absolute Gasteiger partial charge is 0.399 e. The normalized spacial score (nSPS) is 15.5. The van der Waals surface area contributed by atoms with Crippen LogP contribution in [0.3, 0.4) is 0 Å². The molecular formula is C16H14Cl2N2O. The molecule has 108 valence electrons. The van der Waals surface area contributed by atoms with E-state index in [1.165, 1.54) is 0 Å². The Morgan fingerprint density at radius 3 is 2.38 bits per heavy atom. The van der Waals surface area contributed by atoms with E-state index in [-0.39, 0.29) is 5.91 Å². The van der Waals surface area contributed by atoms with Crippen LogP contribution < -0.4 is 11.1 Å². The van der Waals surface area contributed by atoms with E-state index < -0.39 is 5.41 Å². The van der Waals surface area contributed by atoms with Gasteiger partial charge in [-0.3, -0.25) is 4.79 Å². The number of hydrogen-bond donors (Lipinski definition) is 2. The zero-order valence-corrected chi connectivity index (χ0v) is 12.7. The van der Waals surface area contributed by atoms with Gasteiger partial charge in [-0.15, -0.1) is 0 Å². The van der Waals surface area contributed by atoms with Crippen LogP contribution >= 0.6 is 23.2 Å². The molecule has 0 bridgehead atoms. The molecule has 3 rings (SSSR count). The Kier molecular flexibility index (Phi) is 3.56. The van der Waals surface area contributed by atoms with Crippen LogP contribution in [-0.4, -0.2) is 5.91 Å². The van der Waals surface area contributed by atoms with Gasteiger partial charge >= 0.3 is 0 Å². The number of nitrogens with two attached hydrogens (primary N) is 1. The number of halogens is 2. The van der Waals surface area contributed by atoms with Crippen molar-refractivity contribution in [1.29, 1.82) is 0 Å². The molecule has 3 N–H and O–H groups in total. The monoisotopic (exact) mass is 320 g/mol. The minimum absolute atomic E-state index is 0.0589. The maximum Gasteiger partial charge on any atom is 0.235 e. The number of carbonyl (C=O) groups is 1. The molecule has 21 heavy (non-hydrogen) atoms. The fourth-order valence-corrected chi connectivity index (χ4v) is 2.76. The summed E-state index contributed by atoms with van der Waals surface area (Å²) in [7, 11) is 0. The number of benzene rings is 2. The van der Waals surface area contributed by atoms with E-state index in [0.717, 1.165) is 18.4 Å². The van der Waals surface area contributed by atoms with Gasteiger partial charge in [0.15, 0.2) is 0 Å². The standard InChI is InChI=1S/C16H14Cl2N2O/c17-12-2-1-3-13(14(12)18)20-15(21)16(8-9-16)10-4-6-11(19)7-5-10/h1-7H,8-9,19H2,(H,20,21). The lowest BCUT2D eigenvalue weighted by Gasteiger charge is -2.17. The molecule has 0 saturated heterocycles. The number of nitrogens with one attached hydrogen (secondary N) is 1. The highest BCUT2D eigenvalue weighted by molar-refractivity contribution is 6.44. The first-order valence-electron chi connectivity index (χ1n) is 6.64. The average molecular weight is 321 g/mol. The van der Waals surface area contributed by atoms with Crippen molar-refractivity contribution in [2.24, 2.45) is 0 Å². The van der Waals surface area contributed by atoms with Gasteiger partial charge < -0.3 is 11.1 Å². The highest BCUT2D eigenvalue weighted by Crippen LogP contribution is 2.49. The van der Waals surface area contributed by atoms with E-state index in [0.29, 0.717) is 21.4 Å². The molecule has 1 aliphatic rings. The van der Waals surface area contributed by atoms with Gasteiger partial charge in [0.2, 0.25) is 5.91 Å². The minimum Gasteiger partial charge on any atom is -0.399 e. The highest BCUT2D eigenvalue weighted by atomic mass is 35.5.